The lowest BCUT2D eigenvalue weighted by molar-refractivity contribution is -0.155. The molecule has 0 unspecified atom stereocenters. The van der Waals surface area contributed by atoms with E-state index in [0.717, 1.165) is 4.31 Å². The van der Waals surface area contributed by atoms with Crippen molar-refractivity contribution < 1.29 is 39.4 Å². The van der Waals surface area contributed by atoms with Gasteiger partial charge < -0.3 is 9.05 Å². The van der Waals surface area contributed by atoms with Crippen LogP contribution in [0.25, 0.3) is 11.4 Å². The molecule has 2 aromatic heterocycles. The van der Waals surface area contributed by atoms with Crippen LogP contribution in [0.2, 0.25) is 0 Å². The minimum absolute atomic E-state index is 0.0263. The number of rotatable bonds is 4. The lowest BCUT2D eigenvalue weighted by atomic mass is 9.91. The maximum atomic E-state index is 14.7. The van der Waals surface area contributed by atoms with E-state index >= 15 is 0 Å². The number of aromatic nitrogens is 3. The van der Waals surface area contributed by atoms with Gasteiger partial charge in [-0.1, -0.05) is 10.3 Å². The predicted octanol–water partition coefficient (Wildman–Crippen LogP) is 2.64. The van der Waals surface area contributed by atoms with Crippen LogP contribution in [0.5, 0.6) is 0 Å². The van der Waals surface area contributed by atoms with Gasteiger partial charge in [0.1, 0.15) is 5.92 Å². The van der Waals surface area contributed by atoms with Crippen LogP contribution in [0.1, 0.15) is 54.9 Å². The van der Waals surface area contributed by atoms with Crippen molar-refractivity contribution in [2.75, 3.05) is 13.1 Å². The maximum absolute atomic E-state index is 14.7. The number of piperidine rings is 1. The van der Waals surface area contributed by atoms with Gasteiger partial charge in [0.15, 0.2) is 0 Å². The van der Waals surface area contributed by atoms with Gasteiger partial charge in [0.2, 0.25) is 11.7 Å². The molecule has 1 saturated heterocycles. The van der Waals surface area contributed by atoms with E-state index in [1.54, 1.807) is 0 Å². The summed E-state index contributed by atoms with van der Waals surface area (Å²) in [6.07, 6.45) is -4.04. The first-order valence-corrected chi connectivity index (χ1v) is 10.9. The zero-order chi connectivity index (χ0) is 22.4. The minimum atomic E-state index is -4.87. The molecule has 2 N–H and O–H groups in total. The lowest BCUT2D eigenvalue weighted by Gasteiger charge is -2.30. The first-order chi connectivity index (χ1) is 14.4. The fourth-order valence-electron chi connectivity index (χ4n) is 4.46. The molecule has 9 nitrogen and oxygen atoms in total. The van der Waals surface area contributed by atoms with Crippen LogP contribution in [0.15, 0.2) is 9.05 Å². The van der Waals surface area contributed by atoms with Crippen molar-refractivity contribution in [3.8, 4) is 11.4 Å². The largest absolute Gasteiger partial charge is 0.453 e. The van der Waals surface area contributed by atoms with Gasteiger partial charge in [0, 0.05) is 19.0 Å². The Kier molecular flexibility index (Phi) is 4.17. The molecule has 0 radical (unpaired) electrons. The molecule has 2 aliphatic carbocycles. The van der Waals surface area contributed by atoms with Crippen molar-refractivity contribution in [3.05, 3.63) is 17.3 Å². The SMILES string of the molecule is NS(=O)(=O)N1CCC2(CC1)[C@H](c1nc(-c3c(C4CC4)noc3C(F)(F)F)no1)C2(F)F. The summed E-state index contributed by atoms with van der Waals surface area (Å²) in [4.78, 5) is 3.86. The predicted molar refractivity (Wildman–Crippen MR) is 90.8 cm³/mol. The Labute approximate surface area is 171 Å². The molecule has 0 aromatic carbocycles. The van der Waals surface area contributed by atoms with Gasteiger partial charge in [-0.2, -0.15) is 30.9 Å². The Morgan fingerprint density at radius 3 is 2.29 bits per heavy atom. The third kappa shape index (κ3) is 3.08. The average Bonchev–Trinajstić information content (AvgIpc) is 3.39. The molecule has 2 saturated carbocycles. The minimum Gasteiger partial charge on any atom is -0.351 e. The van der Waals surface area contributed by atoms with Gasteiger partial charge in [-0.3, -0.25) is 0 Å². The summed E-state index contributed by atoms with van der Waals surface area (Å²) < 4.78 is 103. The van der Waals surface area contributed by atoms with Crippen LogP contribution in [0.4, 0.5) is 22.0 Å². The molecule has 2 aromatic rings. The molecule has 31 heavy (non-hydrogen) atoms. The van der Waals surface area contributed by atoms with Crippen molar-refractivity contribution in [3.63, 3.8) is 0 Å². The number of hydrogen-bond acceptors (Lipinski definition) is 7. The monoisotopic (exact) mass is 469 g/mol. The molecule has 5 rings (SSSR count). The highest BCUT2D eigenvalue weighted by Crippen LogP contribution is 2.75. The van der Waals surface area contributed by atoms with E-state index in [-0.39, 0.29) is 37.5 Å². The van der Waals surface area contributed by atoms with Gasteiger partial charge in [-0.15, -0.1) is 0 Å². The fraction of sp³-hybridized carbons (Fsp3) is 0.688. The van der Waals surface area contributed by atoms with Crippen molar-refractivity contribution in [1.29, 1.82) is 0 Å². The third-order valence-electron chi connectivity index (χ3n) is 6.32. The van der Waals surface area contributed by atoms with Gasteiger partial charge in [-0.05, 0) is 25.7 Å². The van der Waals surface area contributed by atoms with Gasteiger partial charge in [-0.25, -0.2) is 13.9 Å². The van der Waals surface area contributed by atoms with Gasteiger partial charge in [0.05, 0.1) is 16.7 Å². The quantitative estimate of drug-likeness (QED) is 0.682. The molecule has 15 heteroatoms. The van der Waals surface area contributed by atoms with E-state index in [1.807, 2.05) is 0 Å². The number of nitrogens with two attached hydrogens (primary N) is 1. The molecule has 3 aliphatic rings. The molecule has 0 bridgehead atoms. The highest BCUT2D eigenvalue weighted by Gasteiger charge is 2.82. The summed E-state index contributed by atoms with van der Waals surface area (Å²) in [6.45, 7) is -0.413. The normalized spacial score (nSPS) is 25.8. The Morgan fingerprint density at radius 2 is 1.74 bits per heavy atom. The third-order valence-corrected chi connectivity index (χ3v) is 7.41. The zero-order valence-electron chi connectivity index (χ0n) is 15.7. The number of halogens is 5. The van der Waals surface area contributed by atoms with E-state index in [2.05, 4.69) is 19.8 Å². The highest BCUT2D eigenvalue weighted by atomic mass is 32.2. The second kappa shape index (κ2) is 6.22. The van der Waals surface area contributed by atoms with Crippen LogP contribution < -0.4 is 5.14 Å². The van der Waals surface area contributed by atoms with Crippen LogP contribution in [0.3, 0.4) is 0 Å². The fourth-order valence-corrected chi connectivity index (χ4v) is 5.16. The second-order valence-corrected chi connectivity index (χ2v) is 9.70. The summed E-state index contributed by atoms with van der Waals surface area (Å²) in [7, 11) is -4.01. The average molecular weight is 469 g/mol. The van der Waals surface area contributed by atoms with E-state index in [4.69, 9.17) is 9.66 Å². The van der Waals surface area contributed by atoms with E-state index < -0.39 is 56.7 Å². The van der Waals surface area contributed by atoms with Gasteiger partial charge in [0.25, 0.3) is 21.9 Å². The van der Waals surface area contributed by atoms with E-state index in [1.165, 1.54) is 0 Å². The van der Waals surface area contributed by atoms with Gasteiger partial charge >= 0.3 is 6.18 Å². The summed E-state index contributed by atoms with van der Waals surface area (Å²) in [5.74, 6) is -7.45. The van der Waals surface area contributed by atoms with Crippen molar-refractivity contribution in [2.45, 2.75) is 49.6 Å². The number of alkyl halides is 5. The number of hydrogen-bond donors (Lipinski definition) is 1. The maximum Gasteiger partial charge on any atom is 0.453 e. The summed E-state index contributed by atoms with van der Waals surface area (Å²) in [5, 5.41) is 12.1. The molecule has 1 atom stereocenters. The molecule has 1 spiro atoms. The van der Waals surface area contributed by atoms with Crippen molar-refractivity contribution in [2.24, 2.45) is 10.6 Å². The van der Waals surface area contributed by atoms with Crippen molar-refractivity contribution >= 4 is 10.2 Å². The van der Waals surface area contributed by atoms with Crippen molar-refractivity contribution in [1.82, 2.24) is 19.6 Å². The lowest BCUT2D eigenvalue weighted by Crippen LogP contribution is -2.43. The molecule has 1 aliphatic heterocycles. The first-order valence-electron chi connectivity index (χ1n) is 9.43. The Hall–Kier alpha value is -2.13. The van der Waals surface area contributed by atoms with E-state index in [9.17, 15) is 30.4 Å². The summed E-state index contributed by atoms with van der Waals surface area (Å²) in [5.41, 5.74) is -2.08. The molecule has 170 valence electrons. The second-order valence-electron chi connectivity index (χ2n) is 8.16. The molecule has 3 fully saturated rings. The van der Waals surface area contributed by atoms with Crippen LogP contribution in [-0.2, 0) is 16.4 Å². The molecular weight excluding hydrogens is 453 g/mol. The molecular formula is C16H16F5N5O4S. The Morgan fingerprint density at radius 1 is 1.10 bits per heavy atom. The summed E-state index contributed by atoms with van der Waals surface area (Å²) >= 11 is 0. The summed E-state index contributed by atoms with van der Waals surface area (Å²) in [6, 6.07) is 0. The molecule has 0 amide bonds. The van der Waals surface area contributed by atoms with Crippen LogP contribution in [-0.4, -0.2) is 47.0 Å². The van der Waals surface area contributed by atoms with Crippen LogP contribution in [0, 0.1) is 5.41 Å². The topological polar surface area (TPSA) is 128 Å². The Bertz CT molecular complexity index is 1130. The Balaban J connectivity index is 1.46. The molecule has 3 heterocycles. The zero-order valence-corrected chi connectivity index (χ0v) is 16.5. The highest BCUT2D eigenvalue weighted by molar-refractivity contribution is 7.86. The van der Waals surface area contributed by atoms with Crippen LogP contribution >= 0.6 is 0 Å². The smallest absolute Gasteiger partial charge is 0.351 e. The standard InChI is InChI=1S/C16H16F5N5O4S/c17-15(18)10(14(15)3-5-26(6-4-14)31(22,27)28)13-23-12(25-30-13)8-9(7-1-2-7)24-29-11(8)16(19,20)21/h7,10H,1-6H2,(H2,22,27,28)/t10-/m0/s1. The first kappa shape index (κ1) is 20.8. The number of nitrogens with zero attached hydrogens (tertiary/aromatic N) is 4. The van der Waals surface area contributed by atoms with E-state index in [0.29, 0.717) is 12.8 Å².